The third-order valence-corrected chi connectivity index (χ3v) is 2.98. The maximum atomic E-state index is 11.7. The Hall–Kier alpha value is -2.11. The van der Waals surface area contributed by atoms with Crippen LogP contribution >= 0.6 is 0 Å². The Bertz CT molecular complexity index is 487. The summed E-state index contributed by atoms with van der Waals surface area (Å²) in [6.45, 7) is 0.187. The lowest BCUT2D eigenvalue weighted by molar-refractivity contribution is -0.488. The molecule has 0 radical (unpaired) electrons. The summed E-state index contributed by atoms with van der Waals surface area (Å²) < 4.78 is 5.49. The number of fused-ring (bicyclic) bond motifs is 1. The topological polar surface area (TPSA) is 81.5 Å². The van der Waals surface area contributed by atoms with Crippen molar-refractivity contribution in [3.05, 3.63) is 39.4 Å². The van der Waals surface area contributed by atoms with Crippen LogP contribution in [-0.2, 0) is 6.42 Å². The van der Waals surface area contributed by atoms with Crippen LogP contribution in [0.1, 0.15) is 15.9 Å². The van der Waals surface area contributed by atoms with Crippen LogP contribution in [0.2, 0.25) is 0 Å². The fourth-order valence-electron chi connectivity index (χ4n) is 2.14. The monoisotopic (exact) mass is 250 g/mol. The van der Waals surface area contributed by atoms with Gasteiger partial charge < -0.3 is 10.1 Å². The van der Waals surface area contributed by atoms with Crippen LogP contribution in [0.25, 0.3) is 0 Å². The van der Waals surface area contributed by atoms with Gasteiger partial charge in [-0.15, -0.1) is 0 Å². The molecule has 0 saturated carbocycles. The first-order valence-electron chi connectivity index (χ1n) is 5.70. The molecule has 0 saturated heterocycles. The summed E-state index contributed by atoms with van der Waals surface area (Å²) in [5.74, 6) is 0.270. The molecule has 1 aliphatic rings. The zero-order chi connectivity index (χ0) is 13.1. The summed E-state index contributed by atoms with van der Waals surface area (Å²) >= 11 is 0. The van der Waals surface area contributed by atoms with Gasteiger partial charge in [0.15, 0.2) is 0 Å². The molecule has 96 valence electrons. The van der Waals surface area contributed by atoms with Crippen molar-refractivity contribution in [1.29, 1.82) is 0 Å². The molecule has 1 aromatic rings. The minimum atomic E-state index is -0.346. The standard InChI is InChI=1S/C12H14N2O4/c1-13-12(15)9-3-2-4-11-10(9)5-8(7-18-11)6-14(16)17/h2-4,8H,5-7H2,1H3,(H,13,15). The molecule has 2 rings (SSSR count). The van der Waals surface area contributed by atoms with E-state index >= 15 is 0 Å². The number of benzene rings is 1. The van der Waals surface area contributed by atoms with Crippen LogP contribution < -0.4 is 10.1 Å². The molecular formula is C12H14N2O4. The van der Waals surface area contributed by atoms with Crippen molar-refractivity contribution in [2.75, 3.05) is 20.2 Å². The highest BCUT2D eigenvalue weighted by molar-refractivity contribution is 5.96. The normalized spacial score (nSPS) is 17.5. The molecule has 1 unspecified atom stereocenters. The number of ether oxygens (including phenoxy) is 1. The van der Waals surface area contributed by atoms with E-state index in [2.05, 4.69) is 5.32 Å². The summed E-state index contributed by atoms with van der Waals surface area (Å²) in [4.78, 5) is 21.9. The van der Waals surface area contributed by atoms with E-state index in [1.807, 2.05) is 0 Å². The van der Waals surface area contributed by atoms with Gasteiger partial charge in [-0.3, -0.25) is 14.9 Å². The smallest absolute Gasteiger partial charge is 0.251 e. The van der Waals surface area contributed by atoms with Gasteiger partial charge in [-0.25, -0.2) is 0 Å². The van der Waals surface area contributed by atoms with Gasteiger partial charge in [0.25, 0.3) is 5.91 Å². The lowest BCUT2D eigenvalue weighted by atomic mass is 9.92. The van der Waals surface area contributed by atoms with Gasteiger partial charge in [-0.2, -0.15) is 0 Å². The number of nitrogens with zero attached hydrogens (tertiary/aromatic N) is 1. The van der Waals surface area contributed by atoms with Gasteiger partial charge in [0.2, 0.25) is 6.54 Å². The quantitative estimate of drug-likeness (QED) is 0.637. The van der Waals surface area contributed by atoms with Crippen molar-refractivity contribution in [1.82, 2.24) is 5.32 Å². The number of carbonyl (C=O) groups is 1. The first-order valence-corrected chi connectivity index (χ1v) is 5.70. The van der Waals surface area contributed by atoms with Gasteiger partial charge in [0.1, 0.15) is 5.75 Å². The molecule has 6 nitrogen and oxygen atoms in total. The van der Waals surface area contributed by atoms with Gasteiger partial charge in [0.05, 0.1) is 12.5 Å². The van der Waals surface area contributed by atoms with Crippen molar-refractivity contribution in [2.45, 2.75) is 6.42 Å². The van der Waals surface area contributed by atoms with E-state index < -0.39 is 0 Å². The summed E-state index contributed by atoms with van der Waals surface area (Å²) in [5.41, 5.74) is 1.29. The Labute approximate surface area is 104 Å². The van der Waals surface area contributed by atoms with Gasteiger partial charge in [0, 0.05) is 23.1 Å². The minimum absolute atomic E-state index is 0.137. The predicted molar refractivity (Wildman–Crippen MR) is 64.4 cm³/mol. The molecule has 1 aliphatic heterocycles. The fraction of sp³-hybridized carbons (Fsp3) is 0.417. The molecular weight excluding hydrogens is 236 g/mol. The summed E-state index contributed by atoms with van der Waals surface area (Å²) in [5, 5.41) is 13.1. The lowest BCUT2D eigenvalue weighted by Gasteiger charge is -2.24. The molecule has 0 spiro atoms. The molecule has 0 fully saturated rings. The van der Waals surface area contributed by atoms with E-state index in [0.29, 0.717) is 24.3 Å². The largest absolute Gasteiger partial charge is 0.493 e. The maximum absolute atomic E-state index is 11.7. The zero-order valence-electron chi connectivity index (χ0n) is 10.0. The minimum Gasteiger partial charge on any atom is -0.493 e. The molecule has 1 amide bonds. The maximum Gasteiger partial charge on any atom is 0.251 e. The number of amides is 1. The first-order chi connectivity index (χ1) is 8.61. The molecule has 0 aromatic heterocycles. The Morgan fingerprint density at radius 3 is 3.06 bits per heavy atom. The Morgan fingerprint density at radius 1 is 1.61 bits per heavy atom. The van der Waals surface area contributed by atoms with Crippen LogP contribution in [0.5, 0.6) is 5.75 Å². The van der Waals surface area contributed by atoms with Crippen LogP contribution in [0, 0.1) is 16.0 Å². The molecule has 1 atom stereocenters. The Kier molecular flexibility index (Phi) is 3.45. The molecule has 1 heterocycles. The van der Waals surface area contributed by atoms with E-state index in [0.717, 1.165) is 5.56 Å². The summed E-state index contributed by atoms with van der Waals surface area (Å²) in [6, 6.07) is 5.23. The van der Waals surface area contributed by atoms with E-state index in [-0.39, 0.29) is 23.3 Å². The second kappa shape index (κ2) is 5.03. The van der Waals surface area contributed by atoms with Crippen molar-refractivity contribution >= 4 is 5.91 Å². The highest BCUT2D eigenvalue weighted by atomic mass is 16.6. The molecule has 1 N–H and O–H groups in total. The fourth-order valence-corrected chi connectivity index (χ4v) is 2.14. The van der Waals surface area contributed by atoms with Crippen molar-refractivity contribution in [3.63, 3.8) is 0 Å². The second-order valence-corrected chi connectivity index (χ2v) is 4.26. The second-order valence-electron chi connectivity index (χ2n) is 4.26. The lowest BCUT2D eigenvalue weighted by Crippen LogP contribution is -2.29. The SMILES string of the molecule is CNC(=O)c1cccc2c1CC(C[N+](=O)[O-])CO2. The van der Waals surface area contributed by atoms with E-state index in [1.54, 1.807) is 25.2 Å². The number of hydrogen-bond acceptors (Lipinski definition) is 4. The van der Waals surface area contributed by atoms with Crippen LogP contribution in [0.3, 0.4) is 0 Å². The van der Waals surface area contributed by atoms with Crippen LogP contribution in [0.4, 0.5) is 0 Å². The van der Waals surface area contributed by atoms with Crippen LogP contribution in [0.15, 0.2) is 18.2 Å². The molecule has 1 aromatic carbocycles. The van der Waals surface area contributed by atoms with Crippen LogP contribution in [-0.4, -0.2) is 31.0 Å². The predicted octanol–water partition coefficient (Wildman–Crippen LogP) is 0.874. The van der Waals surface area contributed by atoms with E-state index in [9.17, 15) is 14.9 Å². The highest BCUT2D eigenvalue weighted by Crippen LogP contribution is 2.30. The number of carbonyl (C=O) groups excluding carboxylic acids is 1. The number of rotatable bonds is 3. The van der Waals surface area contributed by atoms with E-state index in [1.165, 1.54) is 0 Å². The van der Waals surface area contributed by atoms with Gasteiger partial charge >= 0.3 is 0 Å². The highest BCUT2D eigenvalue weighted by Gasteiger charge is 2.27. The molecule has 6 heteroatoms. The van der Waals surface area contributed by atoms with Crippen molar-refractivity contribution < 1.29 is 14.5 Å². The van der Waals surface area contributed by atoms with Gasteiger partial charge in [-0.05, 0) is 18.6 Å². The zero-order valence-corrected chi connectivity index (χ0v) is 10.0. The average molecular weight is 250 g/mol. The van der Waals surface area contributed by atoms with Crippen molar-refractivity contribution in [2.24, 2.45) is 5.92 Å². The first kappa shape index (κ1) is 12.3. The molecule has 0 aliphatic carbocycles. The van der Waals surface area contributed by atoms with Gasteiger partial charge in [-0.1, -0.05) is 6.07 Å². The van der Waals surface area contributed by atoms with Crippen molar-refractivity contribution in [3.8, 4) is 5.75 Å². The molecule has 0 bridgehead atoms. The summed E-state index contributed by atoms with van der Waals surface area (Å²) in [7, 11) is 1.56. The number of hydrogen-bond donors (Lipinski definition) is 1. The Balaban J connectivity index is 2.28. The third kappa shape index (κ3) is 2.42. The Morgan fingerprint density at radius 2 is 2.39 bits per heavy atom. The third-order valence-electron chi connectivity index (χ3n) is 2.98. The average Bonchev–Trinajstić information content (AvgIpc) is 2.36. The summed E-state index contributed by atoms with van der Waals surface area (Å²) in [6.07, 6.45) is 0.500. The number of nitrogens with one attached hydrogen (secondary N) is 1. The van der Waals surface area contributed by atoms with E-state index in [4.69, 9.17) is 4.74 Å². The number of nitro groups is 1. The molecule has 18 heavy (non-hydrogen) atoms.